The van der Waals surface area contributed by atoms with E-state index in [0.29, 0.717) is 42.3 Å². The third-order valence-corrected chi connectivity index (χ3v) is 3.47. The molecule has 8 nitrogen and oxygen atoms in total. The van der Waals surface area contributed by atoms with Gasteiger partial charge in [-0.3, -0.25) is 4.99 Å². The zero-order valence-electron chi connectivity index (χ0n) is 16.6. The molecule has 0 aliphatic rings. The number of hydrogen-bond donors (Lipinski definition) is 2. The van der Waals surface area contributed by atoms with Gasteiger partial charge < -0.3 is 24.6 Å². The fourth-order valence-electron chi connectivity index (χ4n) is 2.13. The molecular formula is C18H28IN5O3. The highest BCUT2D eigenvalue weighted by atomic mass is 127. The number of ether oxygens (including phenoxy) is 2. The Labute approximate surface area is 177 Å². The normalized spacial score (nSPS) is 11.6. The van der Waals surface area contributed by atoms with Gasteiger partial charge in [0.15, 0.2) is 23.3 Å². The predicted molar refractivity (Wildman–Crippen MR) is 116 cm³/mol. The smallest absolute Gasteiger partial charge is 0.232 e. The molecule has 27 heavy (non-hydrogen) atoms. The van der Waals surface area contributed by atoms with Crippen molar-refractivity contribution in [3.05, 3.63) is 29.9 Å². The van der Waals surface area contributed by atoms with E-state index in [1.165, 1.54) is 0 Å². The van der Waals surface area contributed by atoms with Gasteiger partial charge in [-0.15, -0.1) is 24.0 Å². The van der Waals surface area contributed by atoms with Gasteiger partial charge in [-0.05, 0) is 19.1 Å². The number of aromatic nitrogens is 2. The maximum absolute atomic E-state index is 5.59. The molecule has 2 rings (SSSR count). The quantitative estimate of drug-likeness (QED) is 0.364. The monoisotopic (exact) mass is 489 g/mol. The molecule has 0 fully saturated rings. The minimum absolute atomic E-state index is 0. The van der Waals surface area contributed by atoms with Gasteiger partial charge >= 0.3 is 0 Å². The molecule has 1 heterocycles. The van der Waals surface area contributed by atoms with Crippen LogP contribution in [0.25, 0.3) is 0 Å². The van der Waals surface area contributed by atoms with Crippen molar-refractivity contribution in [3.8, 4) is 11.5 Å². The maximum atomic E-state index is 5.59. The third kappa shape index (κ3) is 6.56. The van der Waals surface area contributed by atoms with Crippen molar-refractivity contribution in [2.75, 3.05) is 26.1 Å². The van der Waals surface area contributed by atoms with E-state index >= 15 is 0 Å². The Kier molecular flexibility index (Phi) is 8.80. The molecular weight excluding hydrogens is 461 g/mol. The van der Waals surface area contributed by atoms with Gasteiger partial charge in [0, 0.05) is 24.2 Å². The summed E-state index contributed by atoms with van der Waals surface area (Å²) in [6.07, 6.45) is 0. The molecule has 150 valence electrons. The van der Waals surface area contributed by atoms with E-state index in [-0.39, 0.29) is 29.4 Å². The van der Waals surface area contributed by atoms with Crippen LogP contribution in [0, 0.1) is 0 Å². The number of guanidine groups is 1. The number of rotatable bonds is 6. The van der Waals surface area contributed by atoms with Crippen LogP contribution in [0.1, 0.15) is 39.4 Å². The standard InChI is InChI=1S/C18H27N5O3.HI/c1-7-25-14-10-12(8-9-13(14)24-6)21-17(19-5)20-11-15-22-16(26-23-15)18(2,3)4;/h8-10H,7,11H2,1-6H3,(H2,19,20,21);1H. The van der Waals surface area contributed by atoms with Gasteiger partial charge in [-0.25, -0.2) is 0 Å². The topological polar surface area (TPSA) is 93.8 Å². The molecule has 0 spiro atoms. The average molecular weight is 489 g/mol. The van der Waals surface area contributed by atoms with Gasteiger partial charge in [0.25, 0.3) is 0 Å². The Morgan fingerprint density at radius 3 is 2.56 bits per heavy atom. The summed E-state index contributed by atoms with van der Waals surface area (Å²) in [5.41, 5.74) is 0.648. The Morgan fingerprint density at radius 2 is 2.00 bits per heavy atom. The molecule has 0 saturated carbocycles. The van der Waals surface area contributed by atoms with Crippen molar-refractivity contribution in [2.24, 2.45) is 4.99 Å². The Bertz CT molecular complexity index is 756. The highest BCUT2D eigenvalue weighted by Gasteiger charge is 2.21. The number of methoxy groups -OCH3 is 1. The number of hydrogen-bond acceptors (Lipinski definition) is 6. The number of halogens is 1. The van der Waals surface area contributed by atoms with E-state index in [0.717, 1.165) is 5.69 Å². The molecule has 2 N–H and O–H groups in total. The predicted octanol–water partition coefficient (Wildman–Crippen LogP) is 3.58. The van der Waals surface area contributed by atoms with Crippen molar-refractivity contribution < 1.29 is 14.0 Å². The van der Waals surface area contributed by atoms with Gasteiger partial charge in [-0.1, -0.05) is 25.9 Å². The van der Waals surface area contributed by atoms with Crippen LogP contribution in [0.4, 0.5) is 5.69 Å². The lowest BCUT2D eigenvalue weighted by Crippen LogP contribution is -2.30. The second kappa shape index (κ2) is 10.3. The Balaban J connectivity index is 0.00000364. The minimum atomic E-state index is -0.177. The van der Waals surface area contributed by atoms with Crippen molar-refractivity contribution in [1.82, 2.24) is 15.5 Å². The van der Waals surface area contributed by atoms with Crippen LogP contribution in [-0.4, -0.2) is 36.9 Å². The summed E-state index contributed by atoms with van der Waals surface area (Å²) in [6.45, 7) is 8.96. The summed E-state index contributed by atoms with van der Waals surface area (Å²) in [7, 11) is 3.31. The number of anilines is 1. The first-order chi connectivity index (χ1) is 12.4. The number of nitrogens with one attached hydrogen (secondary N) is 2. The molecule has 1 aromatic carbocycles. The van der Waals surface area contributed by atoms with E-state index < -0.39 is 0 Å². The largest absolute Gasteiger partial charge is 0.493 e. The average Bonchev–Trinajstić information content (AvgIpc) is 3.08. The SMILES string of the molecule is CCOc1cc(NC(=NC)NCc2noc(C(C)(C)C)n2)ccc1OC.I. The third-order valence-electron chi connectivity index (χ3n) is 3.47. The van der Waals surface area contributed by atoms with Gasteiger partial charge in [0.2, 0.25) is 5.89 Å². The van der Waals surface area contributed by atoms with Crippen molar-refractivity contribution in [2.45, 2.75) is 39.7 Å². The molecule has 2 aromatic rings. The Hall–Kier alpha value is -2.04. The van der Waals surface area contributed by atoms with Crippen molar-refractivity contribution >= 4 is 35.6 Å². The number of aliphatic imine (C=N–C) groups is 1. The number of benzene rings is 1. The summed E-state index contributed by atoms with van der Waals surface area (Å²) >= 11 is 0. The first kappa shape index (κ1) is 23.0. The summed E-state index contributed by atoms with van der Waals surface area (Å²) < 4.78 is 16.2. The molecule has 0 aliphatic carbocycles. The second-order valence-electron chi connectivity index (χ2n) is 6.62. The molecule has 0 unspecified atom stereocenters. The summed E-state index contributed by atoms with van der Waals surface area (Å²) in [6, 6.07) is 5.59. The van der Waals surface area contributed by atoms with E-state index in [1.807, 2.05) is 45.9 Å². The molecule has 0 radical (unpaired) electrons. The molecule has 0 atom stereocenters. The van der Waals surface area contributed by atoms with E-state index in [4.69, 9.17) is 14.0 Å². The Morgan fingerprint density at radius 1 is 1.26 bits per heavy atom. The first-order valence-corrected chi connectivity index (χ1v) is 8.49. The van der Waals surface area contributed by atoms with E-state index in [9.17, 15) is 0 Å². The highest BCUT2D eigenvalue weighted by Crippen LogP contribution is 2.30. The molecule has 0 bridgehead atoms. The molecule has 0 aliphatic heterocycles. The molecule has 0 amide bonds. The van der Waals surface area contributed by atoms with Crippen LogP contribution in [0.2, 0.25) is 0 Å². The highest BCUT2D eigenvalue weighted by molar-refractivity contribution is 14.0. The molecule has 9 heteroatoms. The van der Waals surface area contributed by atoms with Gasteiger partial charge in [0.1, 0.15) is 0 Å². The lowest BCUT2D eigenvalue weighted by molar-refractivity contribution is 0.311. The van der Waals surface area contributed by atoms with Crippen LogP contribution in [-0.2, 0) is 12.0 Å². The van der Waals surface area contributed by atoms with Crippen LogP contribution in [0.15, 0.2) is 27.7 Å². The zero-order chi connectivity index (χ0) is 19.2. The van der Waals surface area contributed by atoms with E-state index in [1.54, 1.807) is 14.2 Å². The van der Waals surface area contributed by atoms with Crippen LogP contribution < -0.4 is 20.1 Å². The summed E-state index contributed by atoms with van der Waals surface area (Å²) in [5, 5.41) is 10.4. The fraction of sp³-hybridized carbons (Fsp3) is 0.500. The zero-order valence-corrected chi connectivity index (χ0v) is 19.0. The summed E-state index contributed by atoms with van der Waals surface area (Å²) in [4.78, 5) is 8.60. The van der Waals surface area contributed by atoms with Crippen molar-refractivity contribution in [3.63, 3.8) is 0 Å². The number of nitrogens with zero attached hydrogens (tertiary/aromatic N) is 3. The lowest BCUT2D eigenvalue weighted by atomic mass is 9.97. The van der Waals surface area contributed by atoms with Gasteiger partial charge in [-0.2, -0.15) is 4.98 Å². The second-order valence-corrected chi connectivity index (χ2v) is 6.62. The first-order valence-electron chi connectivity index (χ1n) is 8.49. The van der Waals surface area contributed by atoms with Crippen molar-refractivity contribution in [1.29, 1.82) is 0 Å². The van der Waals surface area contributed by atoms with Crippen LogP contribution in [0.5, 0.6) is 11.5 Å². The lowest BCUT2D eigenvalue weighted by Gasteiger charge is -2.14. The fourth-order valence-corrected chi connectivity index (χ4v) is 2.13. The maximum Gasteiger partial charge on any atom is 0.232 e. The van der Waals surface area contributed by atoms with Crippen LogP contribution in [0.3, 0.4) is 0 Å². The molecule has 0 saturated heterocycles. The summed E-state index contributed by atoms with van der Waals surface area (Å²) in [5.74, 6) is 3.11. The minimum Gasteiger partial charge on any atom is -0.493 e. The van der Waals surface area contributed by atoms with Crippen LogP contribution >= 0.6 is 24.0 Å². The molecule has 1 aromatic heterocycles. The van der Waals surface area contributed by atoms with Gasteiger partial charge in [0.05, 0.1) is 20.3 Å². The van der Waals surface area contributed by atoms with E-state index in [2.05, 4.69) is 25.8 Å².